The van der Waals surface area contributed by atoms with Crippen molar-refractivity contribution < 1.29 is 22.7 Å². The summed E-state index contributed by atoms with van der Waals surface area (Å²) in [4.78, 5) is 0. The van der Waals surface area contributed by atoms with Crippen molar-refractivity contribution in [2.45, 2.75) is 11.8 Å². The van der Waals surface area contributed by atoms with Gasteiger partial charge in [-0.25, -0.2) is 0 Å². The van der Waals surface area contributed by atoms with Crippen LogP contribution in [0.3, 0.4) is 0 Å². The van der Waals surface area contributed by atoms with Crippen LogP contribution < -0.4 is 5.73 Å². The summed E-state index contributed by atoms with van der Waals surface area (Å²) >= 11 is 0. The number of nitrogens with two attached hydrogens (primary N) is 1. The Morgan fingerprint density at radius 3 is 2.38 bits per heavy atom. The van der Waals surface area contributed by atoms with Crippen LogP contribution in [0.2, 0.25) is 0 Å². The largest absolute Gasteiger partial charge is 0.466 e. The van der Waals surface area contributed by atoms with E-state index in [1.165, 1.54) is 6.07 Å². The average molecular weight is 195 g/mol. The highest BCUT2D eigenvalue weighted by atomic mass is 19.4. The summed E-state index contributed by atoms with van der Waals surface area (Å²) in [6.45, 7) is -0.968. The second kappa shape index (κ2) is 3.04. The highest BCUT2D eigenvalue weighted by Gasteiger charge is 2.56. The molecule has 0 radical (unpaired) electrons. The van der Waals surface area contributed by atoms with Crippen molar-refractivity contribution in [2.75, 3.05) is 6.54 Å². The van der Waals surface area contributed by atoms with Crippen LogP contribution in [0.25, 0.3) is 0 Å². The quantitative estimate of drug-likeness (QED) is 0.739. The maximum absolute atomic E-state index is 12.3. The fourth-order valence-electron chi connectivity index (χ4n) is 0.870. The standard InChI is InChI=1S/C7H8F3NO2/c8-7(9,10)6(12,4-11)5-2-1-3-13-5/h1-3,12H,4,11H2. The van der Waals surface area contributed by atoms with E-state index in [-0.39, 0.29) is 0 Å². The number of aliphatic hydroxyl groups is 1. The minimum atomic E-state index is -4.83. The molecule has 1 heterocycles. The number of hydrogen-bond acceptors (Lipinski definition) is 3. The lowest BCUT2D eigenvalue weighted by molar-refractivity contribution is -0.268. The lowest BCUT2D eigenvalue weighted by Crippen LogP contribution is -2.48. The topological polar surface area (TPSA) is 59.4 Å². The van der Waals surface area contributed by atoms with Crippen molar-refractivity contribution in [1.82, 2.24) is 0 Å². The first-order valence-corrected chi connectivity index (χ1v) is 3.45. The van der Waals surface area contributed by atoms with Crippen LogP contribution in [-0.4, -0.2) is 17.8 Å². The summed E-state index contributed by atoms with van der Waals surface area (Å²) in [7, 11) is 0. The first kappa shape index (κ1) is 10.1. The van der Waals surface area contributed by atoms with E-state index in [4.69, 9.17) is 5.73 Å². The molecule has 74 valence electrons. The number of halogens is 3. The Morgan fingerprint density at radius 2 is 2.08 bits per heavy atom. The molecule has 0 saturated heterocycles. The summed E-state index contributed by atoms with van der Waals surface area (Å²) in [5.74, 6) is -0.595. The van der Waals surface area contributed by atoms with Gasteiger partial charge in [0.15, 0.2) is 0 Å². The zero-order valence-corrected chi connectivity index (χ0v) is 6.51. The molecule has 0 aliphatic carbocycles. The minimum absolute atomic E-state index is 0.595. The van der Waals surface area contributed by atoms with Gasteiger partial charge in [-0.05, 0) is 12.1 Å². The summed E-state index contributed by atoms with van der Waals surface area (Å²) < 4.78 is 41.3. The molecule has 0 bridgehead atoms. The van der Waals surface area contributed by atoms with E-state index >= 15 is 0 Å². The Labute approximate surface area is 72.0 Å². The Morgan fingerprint density at radius 1 is 1.46 bits per heavy atom. The van der Waals surface area contributed by atoms with Gasteiger partial charge in [0, 0.05) is 6.54 Å². The van der Waals surface area contributed by atoms with Gasteiger partial charge in [0.25, 0.3) is 0 Å². The molecule has 1 unspecified atom stereocenters. The molecule has 0 aliphatic heterocycles. The van der Waals surface area contributed by atoms with Crippen molar-refractivity contribution in [1.29, 1.82) is 0 Å². The molecular weight excluding hydrogens is 187 g/mol. The van der Waals surface area contributed by atoms with Crippen LogP contribution in [0.15, 0.2) is 22.8 Å². The smallest absolute Gasteiger partial charge is 0.425 e. The van der Waals surface area contributed by atoms with Gasteiger partial charge in [-0.2, -0.15) is 13.2 Å². The predicted molar refractivity (Wildman–Crippen MR) is 37.7 cm³/mol. The lowest BCUT2D eigenvalue weighted by atomic mass is 10.0. The summed E-state index contributed by atoms with van der Waals surface area (Å²) in [6.07, 6.45) is -3.79. The molecule has 0 spiro atoms. The van der Waals surface area contributed by atoms with E-state index in [1.807, 2.05) is 0 Å². The maximum atomic E-state index is 12.3. The van der Waals surface area contributed by atoms with Gasteiger partial charge in [-0.15, -0.1) is 0 Å². The van der Waals surface area contributed by atoms with Crippen LogP contribution >= 0.6 is 0 Å². The highest BCUT2D eigenvalue weighted by molar-refractivity contribution is 5.12. The molecule has 1 aromatic rings. The number of hydrogen-bond donors (Lipinski definition) is 2. The third-order valence-electron chi connectivity index (χ3n) is 1.69. The van der Waals surface area contributed by atoms with Gasteiger partial charge in [-0.3, -0.25) is 0 Å². The Bertz CT molecular complexity index is 270. The molecule has 0 aromatic carbocycles. The Hall–Kier alpha value is -1.01. The molecule has 0 fully saturated rings. The molecule has 0 saturated carbocycles. The van der Waals surface area contributed by atoms with E-state index in [1.54, 1.807) is 0 Å². The predicted octanol–water partition coefficient (Wildman–Crippen LogP) is 0.988. The van der Waals surface area contributed by atoms with Crippen molar-refractivity contribution >= 4 is 0 Å². The molecule has 3 nitrogen and oxygen atoms in total. The third kappa shape index (κ3) is 1.54. The summed E-state index contributed by atoms with van der Waals surface area (Å²) in [5, 5.41) is 9.17. The normalized spacial score (nSPS) is 17.0. The van der Waals surface area contributed by atoms with Crippen molar-refractivity contribution in [3.8, 4) is 0 Å². The van der Waals surface area contributed by atoms with Crippen molar-refractivity contribution in [2.24, 2.45) is 5.73 Å². The van der Waals surface area contributed by atoms with Crippen molar-refractivity contribution in [3.05, 3.63) is 24.2 Å². The molecule has 1 rings (SSSR count). The van der Waals surface area contributed by atoms with Gasteiger partial charge < -0.3 is 15.3 Å². The van der Waals surface area contributed by atoms with Crippen LogP contribution in [0, 0.1) is 0 Å². The number of alkyl halides is 3. The number of rotatable bonds is 2. The van der Waals surface area contributed by atoms with E-state index in [0.29, 0.717) is 0 Å². The first-order chi connectivity index (χ1) is 5.92. The second-order valence-corrected chi connectivity index (χ2v) is 2.54. The molecule has 13 heavy (non-hydrogen) atoms. The van der Waals surface area contributed by atoms with Crippen molar-refractivity contribution in [3.63, 3.8) is 0 Å². The van der Waals surface area contributed by atoms with Crippen LogP contribution in [0.5, 0.6) is 0 Å². The van der Waals surface area contributed by atoms with Gasteiger partial charge in [0.2, 0.25) is 5.60 Å². The van der Waals surface area contributed by atoms with Gasteiger partial charge in [0.05, 0.1) is 6.26 Å². The molecule has 6 heteroatoms. The number of furan rings is 1. The Balaban J connectivity index is 3.09. The fraction of sp³-hybridized carbons (Fsp3) is 0.429. The molecule has 1 aromatic heterocycles. The fourth-order valence-corrected chi connectivity index (χ4v) is 0.870. The molecule has 3 N–H and O–H groups in total. The zero-order valence-electron chi connectivity index (χ0n) is 6.51. The van der Waals surface area contributed by atoms with E-state index in [2.05, 4.69) is 4.42 Å². The lowest BCUT2D eigenvalue weighted by Gasteiger charge is -2.26. The zero-order chi connectivity index (χ0) is 10.1. The molecule has 1 atom stereocenters. The third-order valence-corrected chi connectivity index (χ3v) is 1.69. The van der Waals surface area contributed by atoms with E-state index in [9.17, 15) is 18.3 Å². The van der Waals surface area contributed by atoms with E-state index < -0.39 is 24.1 Å². The first-order valence-electron chi connectivity index (χ1n) is 3.45. The molecule has 0 amide bonds. The highest BCUT2D eigenvalue weighted by Crippen LogP contribution is 2.38. The second-order valence-electron chi connectivity index (χ2n) is 2.54. The molecule has 0 aliphatic rings. The van der Waals surface area contributed by atoms with Crippen LogP contribution in [0.4, 0.5) is 13.2 Å². The minimum Gasteiger partial charge on any atom is -0.466 e. The maximum Gasteiger partial charge on any atom is 0.425 e. The summed E-state index contributed by atoms with van der Waals surface area (Å²) in [6, 6.07) is 2.28. The average Bonchev–Trinajstić information content (AvgIpc) is 2.52. The molecular formula is C7H8F3NO2. The Kier molecular flexibility index (Phi) is 2.36. The summed E-state index contributed by atoms with van der Waals surface area (Å²) in [5.41, 5.74) is 1.77. The van der Waals surface area contributed by atoms with E-state index in [0.717, 1.165) is 12.3 Å². The van der Waals surface area contributed by atoms with Crippen LogP contribution in [0.1, 0.15) is 5.76 Å². The van der Waals surface area contributed by atoms with Gasteiger partial charge >= 0.3 is 6.18 Å². The van der Waals surface area contributed by atoms with Crippen LogP contribution in [-0.2, 0) is 5.60 Å². The monoisotopic (exact) mass is 195 g/mol. The van der Waals surface area contributed by atoms with Gasteiger partial charge in [0.1, 0.15) is 5.76 Å². The SMILES string of the molecule is NCC(O)(c1ccco1)C(F)(F)F. The van der Waals surface area contributed by atoms with Gasteiger partial charge in [-0.1, -0.05) is 0 Å².